The monoisotopic (exact) mass is 400 g/mol. The normalized spacial score (nSPS) is 22.7. The van der Waals surface area contributed by atoms with Crippen LogP contribution in [0.4, 0.5) is 18.3 Å². The third-order valence-corrected chi connectivity index (χ3v) is 6.08. The average molecular weight is 400 g/mol. The first-order chi connectivity index (χ1) is 12.3. The molecule has 0 aromatic carbocycles. The van der Waals surface area contributed by atoms with Crippen molar-refractivity contribution in [3.8, 4) is 6.07 Å². The maximum absolute atomic E-state index is 13.5. The molecule has 3 rings (SSSR count). The Morgan fingerprint density at radius 2 is 2.27 bits per heavy atom. The minimum atomic E-state index is -4.51. The highest BCUT2D eigenvalue weighted by molar-refractivity contribution is 8.14. The van der Waals surface area contributed by atoms with Gasteiger partial charge in [0.05, 0.1) is 28.5 Å². The summed E-state index contributed by atoms with van der Waals surface area (Å²) in [5.74, 6) is -3.73. The zero-order valence-electron chi connectivity index (χ0n) is 13.8. The fourth-order valence-corrected chi connectivity index (χ4v) is 4.70. The molecule has 2 heterocycles. The van der Waals surface area contributed by atoms with Gasteiger partial charge in [0, 0.05) is 11.1 Å². The predicted molar refractivity (Wildman–Crippen MR) is 94.9 cm³/mol. The number of anilines is 1. The molecule has 1 aliphatic carbocycles. The molecule has 0 bridgehead atoms. The number of alkyl halides is 3. The van der Waals surface area contributed by atoms with Gasteiger partial charge < -0.3 is 5.32 Å². The maximum atomic E-state index is 13.5. The van der Waals surface area contributed by atoms with Gasteiger partial charge in [-0.1, -0.05) is 11.8 Å². The van der Waals surface area contributed by atoms with Gasteiger partial charge in [-0.2, -0.15) is 18.4 Å². The summed E-state index contributed by atoms with van der Waals surface area (Å²) in [5.41, 5.74) is 1.43. The van der Waals surface area contributed by atoms with E-state index >= 15 is 0 Å². The number of thioether (sulfide) groups is 1. The lowest BCUT2D eigenvalue weighted by molar-refractivity contribution is -0.168. The van der Waals surface area contributed by atoms with Gasteiger partial charge in [-0.05, 0) is 31.8 Å². The van der Waals surface area contributed by atoms with Crippen molar-refractivity contribution in [2.45, 2.75) is 32.4 Å². The van der Waals surface area contributed by atoms with E-state index in [1.807, 2.05) is 0 Å². The summed E-state index contributed by atoms with van der Waals surface area (Å²) in [4.78, 5) is 20.4. The molecule has 5 nitrogen and oxygen atoms in total. The number of carbonyl (C=O) groups is 1. The lowest BCUT2D eigenvalue weighted by Gasteiger charge is -2.30. The van der Waals surface area contributed by atoms with Crippen LogP contribution < -0.4 is 5.32 Å². The van der Waals surface area contributed by atoms with Crippen molar-refractivity contribution in [2.75, 3.05) is 11.1 Å². The fraction of sp³-hybridized carbons (Fsp3) is 0.500. The second kappa shape index (κ2) is 7.40. The van der Waals surface area contributed by atoms with Gasteiger partial charge in [0.2, 0.25) is 5.91 Å². The fourth-order valence-electron chi connectivity index (χ4n) is 3.10. The lowest BCUT2D eigenvalue weighted by atomic mass is 9.84. The van der Waals surface area contributed by atoms with Crippen LogP contribution in [0.2, 0.25) is 0 Å². The lowest BCUT2D eigenvalue weighted by Crippen LogP contribution is -2.37. The highest BCUT2D eigenvalue weighted by atomic mass is 32.2. The Balaban J connectivity index is 1.74. The van der Waals surface area contributed by atoms with E-state index in [0.29, 0.717) is 30.1 Å². The molecule has 0 spiro atoms. The topological polar surface area (TPSA) is 78.1 Å². The Morgan fingerprint density at radius 1 is 1.50 bits per heavy atom. The number of nitrogens with one attached hydrogen (secondary N) is 1. The second-order valence-corrected chi connectivity index (χ2v) is 7.89. The molecule has 1 amide bonds. The van der Waals surface area contributed by atoms with Crippen LogP contribution in [0.3, 0.4) is 0 Å². The third kappa shape index (κ3) is 3.94. The van der Waals surface area contributed by atoms with E-state index < -0.39 is 23.9 Å². The van der Waals surface area contributed by atoms with E-state index in [9.17, 15) is 23.2 Å². The molecule has 0 fully saturated rings. The molecular formula is C16H15F3N4OS2. The number of nitriles is 1. The zero-order chi connectivity index (χ0) is 18.9. The van der Waals surface area contributed by atoms with Gasteiger partial charge in [0.1, 0.15) is 5.92 Å². The number of carbonyl (C=O) groups excluding carboxylic acids is 1. The van der Waals surface area contributed by atoms with Gasteiger partial charge in [-0.15, -0.1) is 11.3 Å². The number of aryl methyl sites for hydroxylation is 1. The molecule has 138 valence electrons. The zero-order valence-corrected chi connectivity index (χ0v) is 15.4. The summed E-state index contributed by atoms with van der Waals surface area (Å²) in [6.45, 7) is 1.79. The van der Waals surface area contributed by atoms with E-state index in [-0.39, 0.29) is 16.4 Å². The Labute approximate surface area is 156 Å². The van der Waals surface area contributed by atoms with Gasteiger partial charge >= 0.3 is 6.18 Å². The number of thiazole rings is 1. The minimum absolute atomic E-state index is 0.0703. The number of nitrogens with zero attached hydrogens (tertiary/aromatic N) is 3. The summed E-state index contributed by atoms with van der Waals surface area (Å²) in [7, 11) is 0. The van der Waals surface area contributed by atoms with Crippen LogP contribution in [0.1, 0.15) is 25.0 Å². The first-order valence-electron chi connectivity index (χ1n) is 7.91. The van der Waals surface area contributed by atoms with Crippen molar-refractivity contribution in [1.82, 2.24) is 4.98 Å². The molecule has 1 N–H and O–H groups in total. The van der Waals surface area contributed by atoms with Crippen LogP contribution in [-0.4, -0.2) is 27.9 Å². The molecule has 26 heavy (non-hydrogen) atoms. The van der Waals surface area contributed by atoms with Crippen molar-refractivity contribution < 1.29 is 18.0 Å². The van der Waals surface area contributed by atoms with Gasteiger partial charge in [-0.25, -0.2) is 9.98 Å². The number of amides is 1. The van der Waals surface area contributed by atoms with Crippen LogP contribution in [0.25, 0.3) is 0 Å². The third-order valence-electron chi connectivity index (χ3n) is 4.16. The molecule has 2 aliphatic rings. The molecule has 0 saturated carbocycles. The molecule has 0 saturated heterocycles. The van der Waals surface area contributed by atoms with Crippen LogP contribution in [-0.2, 0) is 4.79 Å². The van der Waals surface area contributed by atoms with Crippen LogP contribution in [0.15, 0.2) is 21.6 Å². The molecule has 10 heteroatoms. The van der Waals surface area contributed by atoms with E-state index in [1.54, 1.807) is 18.4 Å². The Kier molecular flexibility index (Phi) is 5.39. The van der Waals surface area contributed by atoms with Crippen molar-refractivity contribution in [2.24, 2.45) is 16.8 Å². The number of rotatable bonds is 3. The maximum Gasteiger partial charge on any atom is 0.397 e. The molecule has 1 aromatic heterocycles. The highest BCUT2D eigenvalue weighted by Gasteiger charge is 2.52. The van der Waals surface area contributed by atoms with Crippen LogP contribution >= 0.6 is 23.1 Å². The Bertz CT molecular complexity index is 822. The Morgan fingerprint density at radius 3 is 2.88 bits per heavy atom. The quantitative estimate of drug-likeness (QED) is 0.821. The van der Waals surface area contributed by atoms with Crippen molar-refractivity contribution >= 4 is 39.2 Å². The van der Waals surface area contributed by atoms with E-state index in [4.69, 9.17) is 0 Å². The molecule has 2 atom stereocenters. The van der Waals surface area contributed by atoms with Crippen LogP contribution in [0, 0.1) is 30.1 Å². The van der Waals surface area contributed by atoms with E-state index in [2.05, 4.69) is 15.3 Å². The first-order valence-corrected chi connectivity index (χ1v) is 9.77. The summed E-state index contributed by atoms with van der Waals surface area (Å²) in [6.07, 6.45) is -3.09. The highest BCUT2D eigenvalue weighted by Crippen LogP contribution is 2.48. The molecular weight excluding hydrogens is 385 g/mol. The van der Waals surface area contributed by atoms with E-state index in [1.165, 1.54) is 11.3 Å². The molecule has 0 radical (unpaired) electrons. The van der Waals surface area contributed by atoms with Crippen LogP contribution in [0.5, 0.6) is 0 Å². The summed E-state index contributed by atoms with van der Waals surface area (Å²) < 4.78 is 40.6. The molecule has 2 unspecified atom stereocenters. The number of hydrogen-bond acceptors (Lipinski definition) is 6. The Hall–Kier alpha value is -1.86. The SMILES string of the molecule is Cc1csc(NC(=O)CSC2=NC3=C(CCC3)C(C(F)(F)F)C2C#N)n1. The smallest absolute Gasteiger partial charge is 0.301 e. The summed E-state index contributed by atoms with van der Waals surface area (Å²) >= 11 is 2.16. The van der Waals surface area contributed by atoms with Crippen molar-refractivity contribution in [3.05, 3.63) is 22.3 Å². The largest absolute Gasteiger partial charge is 0.397 e. The summed E-state index contributed by atoms with van der Waals surface area (Å²) in [5, 5.41) is 14.2. The number of aromatic nitrogens is 1. The standard InChI is InChI=1S/C16H15F3N4OS2/c1-8-6-26-15(21-8)23-12(24)7-25-14-10(5-20)13(16(17,18)19)9-3-2-4-11(9)22-14/h6,10,13H,2-4,7H2,1H3,(H,21,23,24). The van der Waals surface area contributed by atoms with Gasteiger partial charge in [-0.3, -0.25) is 4.79 Å². The minimum Gasteiger partial charge on any atom is -0.301 e. The van der Waals surface area contributed by atoms with E-state index in [0.717, 1.165) is 17.5 Å². The summed E-state index contributed by atoms with van der Waals surface area (Å²) in [6, 6.07) is 1.75. The number of halogens is 3. The number of allylic oxidation sites excluding steroid dienone is 2. The first kappa shape index (κ1) is 18.9. The predicted octanol–water partition coefficient (Wildman–Crippen LogP) is 4.29. The molecule has 1 aliphatic heterocycles. The van der Waals surface area contributed by atoms with Gasteiger partial charge in [0.25, 0.3) is 0 Å². The number of aliphatic imine (C=N–C) groups is 1. The number of hydrogen-bond donors (Lipinski definition) is 1. The van der Waals surface area contributed by atoms with Gasteiger partial charge in [0.15, 0.2) is 5.13 Å². The molecule has 1 aromatic rings. The van der Waals surface area contributed by atoms with Crippen molar-refractivity contribution in [1.29, 1.82) is 5.26 Å². The second-order valence-electron chi connectivity index (χ2n) is 6.03. The average Bonchev–Trinajstić information content (AvgIpc) is 3.18. The van der Waals surface area contributed by atoms with Crippen molar-refractivity contribution in [3.63, 3.8) is 0 Å².